The Kier molecular flexibility index (Phi) is 5.17. The van der Waals surface area contributed by atoms with Crippen LogP contribution < -0.4 is 5.32 Å². The number of amides is 2. The number of para-hydroxylation sites is 1. The molecule has 2 aromatic carbocycles. The maximum absolute atomic E-state index is 13.2. The van der Waals surface area contributed by atoms with Crippen molar-refractivity contribution >= 4 is 17.5 Å². The number of carbonyl (C=O) groups is 2. The average Bonchev–Trinajstić information content (AvgIpc) is 3.46. The highest BCUT2D eigenvalue weighted by Gasteiger charge is 2.33. The molecule has 0 aliphatic carbocycles. The Morgan fingerprint density at radius 1 is 1.06 bits per heavy atom. The highest BCUT2D eigenvalue weighted by molar-refractivity contribution is 6.02. The van der Waals surface area contributed by atoms with Gasteiger partial charge in [-0.1, -0.05) is 58.9 Å². The van der Waals surface area contributed by atoms with Gasteiger partial charge in [0.2, 0.25) is 11.7 Å². The maximum atomic E-state index is 13.2. The third-order valence-corrected chi connectivity index (χ3v) is 5.55. The van der Waals surface area contributed by atoms with Gasteiger partial charge in [0.15, 0.2) is 11.4 Å². The number of carbonyl (C=O) groups excluding carboxylic acids is 2. The van der Waals surface area contributed by atoms with Gasteiger partial charge in [0.05, 0.1) is 6.54 Å². The molecule has 0 unspecified atom stereocenters. The number of nitrogens with one attached hydrogen (secondary N) is 1. The predicted molar refractivity (Wildman–Crippen MR) is 119 cm³/mol. The standard InChI is InChI=1S/C23H21N7O3/c1-14-7-6-8-15(2)18(14)24-17(31)13-29-11-12-30-20(23(29)32)19(26-28-30)22-25-21(27-33-22)16-9-4-3-5-10-16/h3-10H,11-13H2,1-2H3,(H,24,31). The Morgan fingerprint density at radius 3 is 2.58 bits per heavy atom. The van der Waals surface area contributed by atoms with Crippen LogP contribution in [0, 0.1) is 13.8 Å². The summed E-state index contributed by atoms with van der Waals surface area (Å²) >= 11 is 0. The predicted octanol–water partition coefficient (Wildman–Crippen LogP) is 2.71. The van der Waals surface area contributed by atoms with E-state index in [0.717, 1.165) is 22.4 Å². The zero-order valence-electron chi connectivity index (χ0n) is 18.1. The molecule has 10 heteroatoms. The van der Waals surface area contributed by atoms with Gasteiger partial charge >= 0.3 is 0 Å². The van der Waals surface area contributed by atoms with Gasteiger partial charge in [0.1, 0.15) is 6.54 Å². The minimum absolute atomic E-state index is 0.0870. The first kappa shape index (κ1) is 20.6. The first-order valence-electron chi connectivity index (χ1n) is 10.5. The van der Waals surface area contributed by atoms with Crippen LogP contribution in [-0.4, -0.2) is 54.9 Å². The van der Waals surface area contributed by atoms with Crippen LogP contribution in [0.4, 0.5) is 5.69 Å². The highest BCUT2D eigenvalue weighted by Crippen LogP contribution is 2.26. The molecule has 0 spiro atoms. The summed E-state index contributed by atoms with van der Waals surface area (Å²) in [6, 6.07) is 15.1. The smallest absolute Gasteiger partial charge is 0.281 e. The first-order valence-corrected chi connectivity index (χ1v) is 10.5. The summed E-state index contributed by atoms with van der Waals surface area (Å²) in [5, 5.41) is 15.1. The topological polar surface area (TPSA) is 119 Å². The van der Waals surface area contributed by atoms with Gasteiger partial charge in [0, 0.05) is 17.8 Å². The van der Waals surface area contributed by atoms with Crippen LogP contribution in [0.25, 0.3) is 23.0 Å². The summed E-state index contributed by atoms with van der Waals surface area (Å²) in [5.41, 5.74) is 3.90. The molecule has 0 saturated heterocycles. The Labute approximate surface area is 189 Å². The third-order valence-electron chi connectivity index (χ3n) is 5.55. The number of rotatable bonds is 5. The minimum atomic E-state index is -0.364. The molecule has 5 rings (SSSR count). The monoisotopic (exact) mass is 443 g/mol. The molecule has 1 aliphatic rings. The molecule has 1 N–H and O–H groups in total. The second kappa shape index (κ2) is 8.30. The van der Waals surface area contributed by atoms with Gasteiger partial charge in [-0.2, -0.15) is 4.98 Å². The van der Waals surface area contributed by atoms with Crippen molar-refractivity contribution < 1.29 is 14.1 Å². The Hall–Kier alpha value is -4.34. The van der Waals surface area contributed by atoms with Crippen LogP contribution in [-0.2, 0) is 11.3 Å². The summed E-state index contributed by atoms with van der Waals surface area (Å²) in [6.07, 6.45) is 0. The molecule has 4 aromatic rings. The zero-order valence-corrected chi connectivity index (χ0v) is 18.1. The lowest BCUT2D eigenvalue weighted by molar-refractivity contribution is -0.117. The van der Waals surface area contributed by atoms with Crippen molar-refractivity contribution in [3.05, 3.63) is 65.4 Å². The van der Waals surface area contributed by atoms with E-state index in [1.165, 1.54) is 9.58 Å². The van der Waals surface area contributed by atoms with E-state index in [9.17, 15) is 9.59 Å². The van der Waals surface area contributed by atoms with Crippen molar-refractivity contribution in [1.29, 1.82) is 0 Å². The molecule has 0 fully saturated rings. The molecule has 2 amide bonds. The molecule has 3 heterocycles. The van der Waals surface area contributed by atoms with Crippen molar-refractivity contribution in [2.45, 2.75) is 20.4 Å². The number of aryl methyl sites for hydroxylation is 2. The van der Waals surface area contributed by atoms with E-state index < -0.39 is 0 Å². The molecular weight excluding hydrogens is 422 g/mol. The molecular formula is C23H21N7O3. The number of nitrogens with zero attached hydrogens (tertiary/aromatic N) is 6. The van der Waals surface area contributed by atoms with E-state index in [0.29, 0.717) is 18.9 Å². The molecule has 0 atom stereocenters. The van der Waals surface area contributed by atoms with Crippen molar-refractivity contribution in [1.82, 2.24) is 30.0 Å². The normalized spacial score (nSPS) is 13.2. The van der Waals surface area contributed by atoms with Crippen LogP contribution in [0.15, 0.2) is 53.1 Å². The largest absolute Gasteiger partial charge is 0.332 e. The number of anilines is 1. The van der Waals surface area contributed by atoms with E-state index in [1.54, 1.807) is 0 Å². The summed E-state index contributed by atoms with van der Waals surface area (Å²) in [7, 11) is 0. The van der Waals surface area contributed by atoms with Crippen molar-refractivity contribution in [2.24, 2.45) is 0 Å². The van der Waals surface area contributed by atoms with E-state index in [2.05, 4.69) is 25.8 Å². The summed E-state index contributed by atoms with van der Waals surface area (Å²) in [5.74, 6) is -0.143. The quantitative estimate of drug-likeness (QED) is 0.504. The minimum Gasteiger partial charge on any atom is -0.332 e. The number of aromatic nitrogens is 5. The van der Waals surface area contributed by atoms with Crippen molar-refractivity contribution in [2.75, 3.05) is 18.4 Å². The summed E-state index contributed by atoms with van der Waals surface area (Å²) < 4.78 is 6.88. The van der Waals surface area contributed by atoms with E-state index >= 15 is 0 Å². The molecule has 10 nitrogen and oxygen atoms in total. The Balaban J connectivity index is 1.36. The lowest BCUT2D eigenvalue weighted by Gasteiger charge is -2.26. The lowest BCUT2D eigenvalue weighted by atomic mass is 10.1. The van der Waals surface area contributed by atoms with Gasteiger partial charge in [-0.25, -0.2) is 4.68 Å². The van der Waals surface area contributed by atoms with Gasteiger partial charge in [-0.15, -0.1) is 5.10 Å². The maximum Gasteiger partial charge on any atom is 0.281 e. The SMILES string of the molecule is Cc1cccc(C)c1NC(=O)CN1CCn2nnc(-c3nc(-c4ccccc4)no3)c2C1=O. The van der Waals surface area contributed by atoms with Crippen LogP contribution >= 0.6 is 0 Å². The van der Waals surface area contributed by atoms with Crippen molar-refractivity contribution in [3.63, 3.8) is 0 Å². The highest BCUT2D eigenvalue weighted by atomic mass is 16.5. The number of hydrogen-bond acceptors (Lipinski definition) is 7. The van der Waals surface area contributed by atoms with Crippen molar-refractivity contribution in [3.8, 4) is 23.0 Å². The van der Waals surface area contributed by atoms with E-state index in [4.69, 9.17) is 4.52 Å². The first-order chi connectivity index (χ1) is 16.0. The Bertz CT molecular complexity index is 1320. The van der Waals surface area contributed by atoms with Gasteiger partial charge < -0.3 is 14.7 Å². The van der Waals surface area contributed by atoms with Crippen LogP contribution in [0.5, 0.6) is 0 Å². The lowest BCUT2D eigenvalue weighted by Crippen LogP contribution is -2.44. The zero-order chi connectivity index (χ0) is 22.9. The van der Waals surface area contributed by atoms with Crippen LogP contribution in [0.2, 0.25) is 0 Å². The second-order valence-corrected chi connectivity index (χ2v) is 7.84. The summed E-state index contributed by atoms with van der Waals surface area (Å²) in [6.45, 7) is 4.52. The number of benzene rings is 2. The molecule has 166 valence electrons. The molecule has 1 aliphatic heterocycles. The van der Waals surface area contributed by atoms with Crippen LogP contribution in [0.3, 0.4) is 0 Å². The molecule has 0 saturated carbocycles. The second-order valence-electron chi connectivity index (χ2n) is 7.84. The number of fused-ring (bicyclic) bond motifs is 1. The third kappa shape index (κ3) is 3.86. The van der Waals surface area contributed by atoms with Gasteiger partial charge in [-0.3, -0.25) is 9.59 Å². The number of hydrogen-bond donors (Lipinski definition) is 1. The average molecular weight is 443 g/mol. The van der Waals surface area contributed by atoms with E-state index in [1.807, 2.05) is 62.4 Å². The fourth-order valence-corrected chi connectivity index (χ4v) is 3.83. The Morgan fingerprint density at radius 2 is 1.82 bits per heavy atom. The summed E-state index contributed by atoms with van der Waals surface area (Å²) in [4.78, 5) is 31.8. The fraction of sp³-hybridized carbons (Fsp3) is 0.217. The molecule has 0 bridgehead atoms. The fourth-order valence-electron chi connectivity index (χ4n) is 3.83. The van der Waals surface area contributed by atoms with E-state index in [-0.39, 0.29) is 35.6 Å². The van der Waals surface area contributed by atoms with Crippen LogP contribution in [0.1, 0.15) is 21.6 Å². The van der Waals surface area contributed by atoms with Gasteiger partial charge in [0.25, 0.3) is 11.8 Å². The molecule has 0 radical (unpaired) electrons. The molecule has 33 heavy (non-hydrogen) atoms. The van der Waals surface area contributed by atoms with Gasteiger partial charge in [-0.05, 0) is 25.0 Å². The molecule has 2 aromatic heterocycles.